The number of rotatable bonds is 7. The van der Waals surface area contributed by atoms with Gasteiger partial charge in [0.05, 0.1) is 5.71 Å². The van der Waals surface area contributed by atoms with Crippen LogP contribution >= 0.6 is 0 Å². The van der Waals surface area contributed by atoms with Crippen LogP contribution in [0.4, 0.5) is 5.69 Å². The Hall–Kier alpha value is -3.80. The van der Waals surface area contributed by atoms with Crippen molar-refractivity contribution in [2.24, 2.45) is 26.6 Å². The van der Waals surface area contributed by atoms with E-state index in [0.29, 0.717) is 0 Å². The molecule has 2 aromatic carbocycles. The van der Waals surface area contributed by atoms with Crippen molar-refractivity contribution in [3.05, 3.63) is 77.5 Å². The van der Waals surface area contributed by atoms with E-state index in [0.717, 1.165) is 54.4 Å². The molecule has 0 atom stereocenters. The molecule has 4 N–H and O–H groups in total. The minimum Gasteiger partial charge on any atom is -0.398 e. The second-order valence-corrected chi connectivity index (χ2v) is 8.92. The summed E-state index contributed by atoms with van der Waals surface area (Å²) in [4.78, 5) is 20.8. The SMILES string of the molecule is C=N/C=C\C(=NCC)C1=CCCN=C1.CCC(C)C.CCc1ccc(-c2cc(C)ccc2N)cc1.NC=O. The highest BCUT2D eigenvalue weighted by Gasteiger charge is 2.03. The molecule has 3 rings (SSSR count). The molecule has 6 heteroatoms. The van der Waals surface area contributed by atoms with Gasteiger partial charge in [0.2, 0.25) is 6.41 Å². The van der Waals surface area contributed by atoms with Crippen molar-refractivity contribution in [2.75, 3.05) is 18.8 Å². The number of aliphatic imine (C=N–C) groups is 3. The van der Waals surface area contributed by atoms with Crippen molar-refractivity contribution >= 4 is 30.7 Å². The van der Waals surface area contributed by atoms with E-state index >= 15 is 0 Å². The Balaban J connectivity index is 0.000000568. The summed E-state index contributed by atoms with van der Waals surface area (Å²) in [6.45, 7) is 17.9. The van der Waals surface area contributed by atoms with Gasteiger partial charge in [-0.1, -0.05) is 76.1 Å². The van der Waals surface area contributed by atoms with Crippen LogP contribution in [0.2, 0.25) is 0 Å². The summed E-state index contributed by atoms with van der Waals surface area (Å²) in [6.07, 6.45) is 11.1. The van der Waals surface area contributed by atoms with Crippen molar-refractivity contribution in [3.8, 4) is 11.1 Å². The van der Waals surface area contributed by atoms with Gasteiger partial charge >= 0.3 is 0 Å². The molecule has 1 heterocycles. The molecule has 0 spiro atoms. The number of nitrogens with two attached hydrogens (primary N) is 2. The smallest absolute Gasteiger partial charge is 0.204 e. The van der Waals surface area contributed by atoms with Crippen LogP contribution in [-0.2, 0) is 11.2 Å². The van der Waals surface area contributed by atoms with Crippen molar-refractivity contribution < 1.29 is 4.79 Å². The number of anilines is 1. The molecule has 0 bridgehead atoms. The number of nitrogen functional groups attached to an aromatic ring is 1. The lowest BCUT2D eigenvalue weighted by atomic mass is 10.00. The lowest BCUT2D eigenvalue weighted by Gasteiger charge is -2.07. The third kappa shape index (κ3) is 14.7. The second kappa shape index (κ2) is 21.3. The average molecular weight is 518 g/mol. The van der Waals surface area contributed by atoms with E-state index < -0.39 is 0 Å². The number of benzene rings is 2. The van der Waals surface area contributed by atoms with Crippen LogP contribution in [0.15, 0.2) is 81.4 Å². The highest BCUT2D eigenvalue weighted by molar-refractivity contribution is 6.21. The molecule has 0 saturated heterocycles. The first kappa shape index (κ1) is 34.2. The molecule has 1 amide bonds. The Morgan fingerprint density at radius 2 is 1.76 bits per heavy atom. The lowest BCUT2D eigenvalue weighted by molar-refractivity contribution is -0.106. The standard InChI is InChI=1S/C15H17N.C11H15N3.C5H12.CH3NO/c1-3-12-5-7-13(8-6-12)14-10-11(2)4-9-15(14)16;1-3-14-11(6-8-12-2)10-5-4-7-13-9-10;1-4-5(2)3;2-1-3/h4-10H,3,16H2,1-2H3;5-6,8-9H,2-4,7H2,1H3;5H,4H2,1-3H3;1H,(H2,2,3)/b;8-6-,14-11?;;. The van der Waals surface area contributed by atoms with Crippen LogP contribution in [0.25, 0.3) is 11.1 Å². The summed E-state index contributed by atoms with van der Waals surface area (Å²) in [5, 5.41) is 0. The Morgan fingerprint density at radius 3 is 2.24 bits per heavy atom. The molecule has 0 fully saturated rings. The predicted molar refractivity (Wildman–Crippen MR) is 169 cm³/mol. The largest absolute Gasteiger partial charge is 0.398 e. The number of nitrogens with zero attached hydrogens (tertiary/aromatic N) is 3. The molecule has 38 heavy (non-hydrogen) atoms. The molecule has 0 aromatic heterocycles. The summed E-state index contributed by atoms with van der Waals surface area (Å²) < 4.78 is 0. The van der Waals surface area contributed by atoms with Gasteiger partial charge in [0.25, 0.3) is 0 Å². The number of primary amides is 1. The topological polar surface area (TPSA) is 106 Å². The Kier molecular flexibility index (Phi) is 19.2. The molecule has 0 unspecified atom stereocenters. The van der Waals surface area contributed by atoms with Gasteiger partial charge in [-0.2, -0.15) is 0 Å². The van der Waals surface area contributed by atoms with Crippen molar-refractivity contribution in [3.63, 3.8) is 0 Å². The van der Waals surface area contributed by atoms with Gasteiger partial charge < -0.3 is 11.5 Å². The van der Waals surface area contributed by atoms with E-state index in [1.807, 2.05) is 31.3 Å². The van der Waals surface area contributed by atoms with Crippen LogP contribution < -0.4 is 11.5 Å². The second-order valence-electron chi connectivity index (χ2n) is 8.92. The summed E-state index contributed by atoms with van der Waals surface area (Å²) in [7, 11) is 0. The third-order valence-corrected chi connectivity index (χ3v) is 5.51. The monoisotopic (exact) mass is 517 g/mol. The molecule has 2 aromatic rings. The average Bonchev–Trinajstić information content (AvgIpc) is 2.94. The number of hydrogen-bond acceptors (Lipinski definition) is 5. The zero-order chi connectivity index (χ0) is 28.8. The maximum Gasteiger partial charge on any atom is 0.204 e. The fourth-order valence-corrected chi connectivity index (χ4v) is 3.05. The van der Waals surface area contributed by atoms with E-state index in [1.165, 1.54) is 23.1 Å². The zero-order valence-electron chi connectivity index (χ0n) is 24.2. The molecular weight excluding hydrogens is 470 g/mol. The Bertz CT molecular complexity index is 1060. The van der Waals surface area contributed by atoms with Crippen LogP contribution in [0, 0.1) is 12.8 Å². The van der Waals surface area contributed by atoms with E-state index in [9.17, 15) is 0 Å². The van der Waals surface area contributed by atoms with Crippen molar-refractivity contribution in [2.45, 2.75) is 60.8 Å². The minimum absolute atomic E-state index is 0.250. The lowest BCUT2D eigenvalue weighted by Crippen LogP contribution is -2.05. The van der Waals surface area contributed by atoms with Gasteiger partial charge in [-0.3, -0.25) is 19.8 Å². The summed E-state index contributed by atoms with van der Waals surface area (Å²) in [5.41, 5.74) is 17.9. The number of carbonyl (C=O) groups is 1. The quantitative estimate of drug-likeness (QED) is 0.234. The fourth-order valence-electron chi connectivity index (χ4n) is 3.05. The van der Waals surface area contributed by atoms with E-state index in [-0.39, 0.29) is 6.41 Å². The van der Waals surface area contributed by atoms with Gasteiger partial charge in [-0.15, -0.1) is 0 Å². The molecule has 0 radical (unpaired) electrons. The van der Waals surface area contributed by atoms with Crippen LogP contribution in [-0.4, -0.2) is 38.1 Å². The molecule has 1 aliphatic rings. The van der Waals surface area contributed by atoms with Crippen LogP contribution in [0.1, 0.15) is 58.6 Å². The number of hydrogen-bond donors (Lipinski definition) is 2. The van der Waals surface area contributed by atoms with Gasteiger partial charge in [0, 0.05) is 42.3 Å². The molecular formula is C32H47N5O. The van der Waals surface area contributed by atoms with Gasteiger partial charge in [0.1, 0.15) is 0 Å². The Morgan fingerprint density at radius 1 is 1.13 bits per heavy atom. The first-order valence-electron chi connectivity index (χ1n) is 13.3. The Labute approximate surface area is 230 Å². The molecule has 0 aliphatic carbocycles. The maximum absolute atomic E-state index is 8.58. The van der Waals surface area contributed by atoms with Crippen LogP contribution in [0.5, 0.6) is 0 Å². The molecule has 206 valence electrons. The predicted octanol–water partition coefficient (Wildman–Crippen LogP) is 7.02. The van der Waals surface area contributed by atoms with Crippen LogP contribution in [0.3, 0.4) is 0 Å². The number of allylic oxidation sites excluding steroid dienone is 2. The van der Waals surface area contributed by atoms with E-state index in [1.54, 1.807) is 6.20 Å². The van der Waals surface area contributed by atoms with E-state index in [2.05, 4.69) is 98.5 Å². The highest BCUT2D eigenvalue weighted by Crippen LogP contribution is 2.27. The summed E-state index contributed by atoms with van der Waals surface area (Å²) >= 11 is 0. The first-order valence-corrected chi connectivity index (χ1v) is 13.3. The van der Waals surface area contributed by atoms with Gasteiger partial charge in [0.15, 0.2) is 0 Å². The number of dihydropyridines is 1. The van der Waals surface area contributed by atoms with Gasteiger partial charge in [-0.05, 0) is 68.7 Å². The molecule has 6 nitrogen and oxygen atoms in total. The fraction of sp³-hybridized carbons (Fsp3) is 0.375. The number of aryl methyl sites for hydroxylation is 2. The first-order chi connectivity index (χ1) is 18.3. The third-order valence-electron chi connectivity index (χ3n) is 5.51. The minimum atomic E-state index is 0.250. The van der Waals surface area contributed by atoms with E-state index in [4.69, 9.17) is 10.5 Å². The normalized spacial score (nSPS) is 12.3. The van der Waals surface area contributed by atoms with Crippen molar-refractivity contribution in [1.82, 2.24) is 0 Å². The number of carbonyl (C=O) groups excluding carboxylic acids is 1. The zero-order valence-corrected chi connectivity index (χ0v) is 24.2. The number of amides is 1. The molecule has 0 saturated carbocycles. The van der Waals surface area contributed by atoms with Crippen molar-refractivity contribution in [1.29, 1.82) is 0 Å². The maximum atomic E-state index is 8.58. The summed E-state index contributed by atoms with van der Waals surface area (Å²) in [5.74, 6) is 0.884. The summed E-state index contributed by atoms with van der Waals surface area (Å²) in [6, 6.07) is 14.8. The molecule has 1 aliphatic heterocycles. The van der Waals surface area contributed by atoms with Gasteiger partial charge in [-0.25, -0.2) is 0 Å². The highest BCUT2D eigenvalue weighted by atomic mass is 16.1.